The molecule has 1 aliphatic heterocycles. The lowest BCUT2D eigenvalue weighted by Crippen LogP contribution is -2.35. The topological polar surface area (TPSA) is 75.6 Å². The van der Waals surface area contributed by atoms with E-state index < -0.39 is 18.2 Å². The molecule has 2 unspecified atom stereocenters. The summed E-state index contributed by atoms with van der Waals surface area (Å²) in [5, 5.41) is 11.6. The Bertz CT molecular complexity index is 510. The quantitative estimate of drug-likeness (QED) is 0.870. The molecule has 1 aromatic carbocycles. The molecule has 5 nitrogen and oxygen atoms in total. The minimum absolute atomic E-state index is 0.244. The molecule has 2 N–H and O–H groups in total. The number of carboxylic acids is 1. The molecule has 5 heteroatoms. The lowest BCUT2D eigenvalue weighted by Gasteiger charge is -2.12. The Balaban J connectivity index is 1.83. The average Bonchev–Trinajstić information content (AvgIpc) is 2.95. The highest BCUT2D eigenvalue weighted by Gasteiger charge is 2.34. The van der Waals surface area contributed by atoms with Gasteiger partial charge >= 0.3 is 5.97 Å². The fourth-order valence-electron chi connectivity index (χ4n) is 2.34. The van der Waals surface area contributed by atoms with Gasteiger partial charge in [0.05, 0.1) is 0 Å². The van der Waals surface area contributed by atoms with Gasteiger partial charge in [-0.05, 0) is 29.9 Å². The van der Waals surface area contributed by atoms with E-state index in [1.165, 1.54) is 5.56 Å². The number of ether oxygens (including phenoxy) is 1. The van der Waals surface area contributed by atoms with Crippen LogP contribution in [-0.4, -0.2) is 29.2 Å². The lowest BCUT2D eigenvalue weighted by atomic mass is 10.0. The highest BCUT2D eigenvalue weighted by molar-refractivity contribution is 5.82. The van der Waals surface area contributed by atoms with Crippen LogP contribution in [0.15, 0.2) is 24.3 Å². The molecular formula is C16H21NO4. The number of aliphatic carboxylic acids is 1. The first kappa shape index (κ1) is 15.5. The minimum atomic E-state index is -1.01. The van der Waals surface area contributed by atoms with Crippen LogP contribution in [0, 0.1) is 0 Å². The molecule has 114 valence electrons. The van der Waals surface area contributed by atoms with E-state index >= 15 is 0 Å². The van der Waals surface area contributed by atoms with Gasteiger partial charge in [0.15, 0.2) is 6.10 Å². The zero-order chi connectivity index (χ0) is 15.4. The Morgan fingerprint density at radius 1 is 1.24 bits per heavy atom. The molecule has 0 spiro atoms. The first-order valence-corrected chi connectivity index (χ1v) is 7.22. The Labute approximate surface area is 124 Å². The predicted octanol–water partition coefficient (Wildman–Crippen LogP) is 2.06. The van der Waals surface area contributed by atoms with Crippen LogP contribution in [-0.2, 0) is 20.9 Å². The lowest BCUT2D eigenvalue weighted by molar-refractivity contribution is -0.151. The van der Waals surface area contributed by atoms with E-state index in [-0.39, 0.29) is 5.91 Å². The van der Waals surface area contributed by atoms with Crippen molar-refractivity contribution >= 4 is 11.9 Å². The summed E-state index contributed by atoms with van der Waals surface area (Å²) in [6, 6.07) is 8.09. The minimum Gasteiger partial charge on any atom is -0.479 e. The van der Waals surface area contributed by atoms with Crippen molar-refractivity contribution in [1.82, 2.24) is 5.32 Å². The predicted molar refractivity (Wildman–Crippen MR) is 77.9 cm³/mol. The largest absolute Gasteiger partial charge is 0.479 e. The Morgan fingerprint density at radius 3 is 2.38 bits per heavy atom. The molecule has 2 atom stereocenters. The van der Waals surface area contributed by atoms with Gasteiger partial charge in [-0.2, -0.15) is 0 Å². The van der Waals surface area contributed by atoms with Gasteiger partial charge in [0, 0.05) is 6.54 Å². The number of amides is 1. The van der Waals surface area contributed by atoms with E-state index in [2.05, 4.69) is 31.3 Å². The van der Waals surface area contributed by atoms with Crippen molar-refractivity contribution < 1.29 is 19.4 Å². The van der Waals surface area contributed by atoms with Crippen LogP contribution in [0.4, 0.5) is 0 Å². The van der Waals surface area contributed by atoms with Crippen LogP contribution < -0.4 is 5.32 Å². The van der Waals surface area contributed by atoms with Crippen molar-refractivity contribution in [2.75, 3.05) is 0 Å². The number of benzene rings is 1. The number of rotatable bonds is 5. The van der Waals surface area contributed by atoms with Crippen LogP contribution in [0.25, 0.3) is 0 Å². The summed E-state index contributed by atoms with van der Waals surface area (Å²) in [5.74, 6) is -0.769. The third kappa shape index (κ3) is 4.04. The Hall–Kier alpha value is -1.88. The number of hydrogen-bond donors (Lipinski definition) is 2. The van der Waals surface area contributed by atoms with Crippen molar-refractivity contribution in [2.45, 2.75) is 51.4 Å². The molecule has 1 aliphatic rings. The van der Waals surface area contributed by atoms with Gasteiger partial charge in [-0.3, -0.25) is 4.79 Å². The van der Waals surface area contributed by atoms with Crippen LogP contribution in [0.3, 0.4) is 0 Å². The van der Waals surface area contributed by atoms with Crippen LogP contribution in [0.2, 0.25) is 0 Å². The molecule has 1 fully saturated rings. The molecule has 0 bridgehead atoms. The summed E-state index contributed by atoms with van der Waals surface area (Å²) >= 11 is 0. The summed E-state index contributed by atoms with van der Waals surface area (Å²) in [7, 11) is 0. The smallest absolute Gasteiger partial charge is 0.332 e. The molecule has 1 amide bonds. The summed E-state index contributed by atoms with van der Waals surface area (Å²) in [4.78, 5) is 22.7. The van der Waals surface area contributed by atoms with Crippen molar-refractivity contribution in [2.24, 2.45) is 0 Å². The molecule has 1 aromatic rings. The van der Waals surface area contributed by atoms with Gasteiger partial charge in [0.25, 0.3) is 0 Å². The van der Waals surface area contributed by atoms with Gasteiger partial charge < -0.3 is 15.2 Å². The zero-order valence-electron chi connectivity index (χ0n) is 12.3. The van der Waals surface area contributed by atoms with E-state index in [4.69, 9.17) is 9.84 Å². The van der Waals surface area contributed by atoms with Crippen molar-refractivity contribution in [3.8, 4) is 0 Å². The SMILES string of the molecule is CC(C)c1ccc(CNC(=O)C2CCC(C(=O)O)O2)cc1. The number of nitrogens with one attached hydrogen (secondary N) is 1. The average molecular weight is 291 g/mol. The van der Waals surface area contributed by atoms with Gasteiger partial charge in [-0.25, -0.2) is 4.79 Å². The molecule has 0 aromatic heterocycles. The molecular weight excluding hydrogens is 270 g/mol. The summed E-state index contributed by atoms with van der Waals surface area (Å²) in [5.41, 5.74) is 2.27. The maximum absolute atomic E-state index is 11.9. The Kier molecular flexibility index (Phi) is 4.96. The van der Waals surface area contributed by atoms with Crippen molar-refractivity contribution in [3.05, 3.63) is 35.4 Å². The monoisotopic (exact) mass is 291 g/mol. The van der Waals surface area contributed by atoms with E-state index in [1.807, 2.05) is 12.1 Å². The highest BCUT2D eigenvalue weighted by Crippen LogP contribution is 2.20. The molecule has 0 saturated carbocycles. The molecule has 0 aliphatic carbocycles. The number of carbonyl (C=O) groups is 2. The normalized spacial score (nSPS) is 21.5. The maximum atomic E-state index is 11.9. The van der Waals surface area contributed by atoms with Gasteiger partial charge in [0.1, 0.15) is 6.10 Å². The van der Waals surface area contributed by atoms with E-state index in [1.54, 1.807) is 0 Å². The first-order valence-electron chi connectivity index (χ1n) is 7.22. The van der Waals surface area contributed by atoms with Crippen molar-refractivity contribution in [3.63, 3.8) is 0 Å². The van der Waals surface area contributed by atoms with E-state index in [0.717, 1.165) is 5.56 Å². The van der Waals surface area contributed by atoms with Gasteiger partial charge in [-0.1, -0.05) is 38.1 Å². The van der Waals surface area contributed by atoms with Crippen LogP contribution in [0.1, 0.15) is 43.7 Å². The standard InChI is InChI=1S/C16H21NO4/c1-10(2)12-5-3-11(4-6-12)9-17-15(18)13-7-8-14(21-13)16(19)20/h3-6,10,13-14H,7-9H2,1-2H3,(H,17,18)(H,19,20). The summed E-state index contributed by atoms with van der Waals surface area (Å²) in [6.07, 6.45) is -0.668. The van der Waals surface area contributed by atoms with Gasteiger partial charge in [0.2, 0.25) is 5.91 Å². The third-order valence-electron chi connectivity index (χ3n) is 3.70. The Morgan fingerprint density at radius 2 is 1.86 bits per heavy atom. The fraction of sp³-hybridized carbons (Fsp3) is 0.500. The van der Waals surface area contributed by atoms with Gasteiger partial charge in [-0.15, -0.1) is 0 Å². The van der Waals surface area contributed by atoms with Crippen LogP contribution >= 0.6 is 0 Å². The molecule has 1 saturated heterocycles. The molecule has 1 heterocycles. The second kappa shape index (κ2) is 6.72. The third-order valence-corrected chi connectivity index (χ3v) is 3.70. The zero-order valence-corrected chi connectivity index (χ0v) is 12.3. The first-order chi connectivity index (χ1) is 9.97. The second-order valence-electron chi connectivity index (χ2n) is 5.64. The summed E-state index contributed by atoms with van der Waals surface area (Å²) < 4.78 is 5.21. The number of carbonyl (C=O) groups excluding carboxylic acids is 1. The van der Waals surface area contributed by atoms with E-state index in [9.17, 15) is 9.59 Å². The van der Waals surface area contributed by atoms with Crippen LogP contribution in [0.5, 0.6) is 0 Å². The fourth-order valence-corrected chi connectivity index (χ4v) is 2.34. The highest BCUT2D eigenvalue weighted by atomic mass is 16.5. The number of hydrogen-bond acceptors (Lipinski definition) is 3. The molecule has 2 rings (SSSR count). The molecule has 21 heavy (non-hydrogen) atoms. The summed E-state index contributed by atoms with van der Waals surface area (Å²) in [6.45, 7) is 4.69. The molecule has 0 radical (unpaired) electrons. The van der Waals surface area contributed by atoms with E-state index in [0.29, 0.717) is 25.3 Å². The number of carboxylic acid groups (broad SMARTS) is 1. The second-order valence-corrected chi connectivity index (χ2v) is 5.64. The maximum Gasteiger partial charge on any atom is 0.332 e. The van der Waals surface area contributed by atoms with Crippen molar-refractivity contribution in [1.29, 1.82) is 0 Å².